The van der Waals surface area contributed by atoms with Crippen molar-refractivity contribution in [2.75, 3.05) is 63.9 Å². The van der Waals surface area contributed by atoms with E-state index in [2.05, 4.69) is 37.3 Å². The van der Waals surface area contributed by atoms with Crippen molar-refractivity contribution >= 4 is 11.9 Å². The van der Waals surface area contributed by atoms with Gasteiger partial charge in [0.2, 0.25) is 5.95 Å². The van der Waals surface area contributed by atoms with E-state index in [4.69, 9.17) is 9.73 Å². The summed E-state index contributed by atoms with van der Waals surface area (Å²) in [5.41, 5.74) is 0. The monoisotopic (exact) mass is 431 g/mol. The van der Waals surface area contributed by atoms with Crippen LogP contribution in [0.5, 0.6) is 0 Å². The fourth-order valence-corrected chi connectivity index (χ4v) is 4.26. The van der Waals surface area contributed by atoms with E-state index in [-0.39, 0.29) is 0 Å². The number of guanidine groups is 1. The summed E-state index contributed by atoms with van der Waals surface area (Å²) in [6.07, 6.45) is 13.0. The first-order valence-corrected chi connectivity index (χ1v) is 12.2. The van der Waals surface area contributed by atoms with E-state index >= 15 is 0 Å². The fourth-order valence-electron chi connectivity index (χ4n) is 4.26. The molecule has 31 heavy (non-hydrogen) atoms. The lowest BCUT2D eigenvalue weighted by Crippen LogP contribution is -2.47. The third-order valence-corrected chi connectivity index (χ3v) is 6.00. The highest BCUT2D eigenvalue weighted by Crippen LogP contribution is 2.19. The topological polar surface area (TPSA) is 77.9 Å². The highest BCUT2D eigenvalue weighted by Gasteiger charge is 2.18. The molecule has 2 fully saturated rings. The average Bonchev–Trinajstić information content (AvgIpc) is 3.09. The van der Waals surface area contributed by atoms with Crippen LogP contribution in [0.3, 0.4) is 0 Å². The Bertz CT molecular complexity index is 612. The maximum Gasteiger partial charge on any atom is 0.225 e. The van der Waals surface area contributed by atoms with Crippen LogP contribution in [0.1, 0.15) is 51.9 Å². The van der Waals surface area contributed by atoms with Gasteiger partial charge in [-0.15, -0.1) is 0 Å². The molecule has 1 saturated heterocycles. The molecule has 174 valence electrons. The molecule has 0 radical (unpaired) electrons. The van der Waals surface area contributed by atoms with Gasteiger partial charge < -0.3 is 20.3 Å². The number of hydrogen-bond acceptors (Lipinski definition) is 6. The largest absolute Gasteiger partial charge is 0.376 e. The van der Waals surface area contributed by atoms with Crippen molar-refractivity contribution < 1.29 is 4.74 Å². The lowest BCUT2D eigenvalue weighted by atomic mass is 10.1. The smallest absolute Gasteiger partial charge is 0.225 e. The summed E-state index contributed by atoms with van der Waals surface area (Å²) in [5, 5.41) is 6.76. The first-order valence-electron chi connectivity index (χ1n) is 12.2. The number of aromatic nitrogens is 2. The molecule has 1 aromatic rings. The van der Waals surface area contributed by atoms with E-state index in [1.165, 1.54) is 38.5 Å². The van der Waals surface area contributed by atoms with E-state index in [1.807, 2.05) is 18.5 Å². The van der Waals surface area contributed by atoms with Crippen molar-refractivity contribution in [2.45, 2.75) is 58.0 Å². The zero-order valence-corrected chi connectivity index (χ0v) is 19.3. The number of piperazine rings is 1. The molecular formula is C23H41N7O. The van der Waals surface area contributed by atoms with Crippen LogP contribution < -0.4 is 15.5 Å². The second-order valence-corrected chi connectivity index (χ2v) is 8.40. The number of ether oxygens (including phenoxy) is 1. The molecule has 1 aliphatic heterocycles. The Balaban J connectivity index is 1.28. The maximum atomic E-state index is 6.07. The van der Waals surface area contributed by atoms with Gasteiger partial charge in [-0.05, 0) is 32.3 Å². The normalized spacial score (nSPS) is 19.3. The lowest BCUT2D eigenvalue weighted by Gasteiger charge is -2.34. The summed E-state index contributed by atoms with van der Waals surface area (Å²) in [7, 11) is 0. The van der Waals surface area contributed by atoms with Crippen molar-refractivity contribution in [3.63, 3.8) is 0 Å². The quantitative estimate of drug-likeness (QED) is 0.255. The molecule has 0 spiro atoms. The van der Waals surface area contributed by atoms with Crippen LogP contribution >= 0.6 is 0 Å². The number of nitrogens with zero attached hydrogens (tertiary/aromatic N) is 5. The molecule has 0 unspecified atom stereocenters. The Morgan fingerprint density at radius 3 is 2.52 bits per heavy atom. The van der Waals surface area contributed by atoms with E-state index in [1.54, 1.807) is 0 Å². The SMILES string of the molecule is CCNC(=NCCCN1CCN(c2ncccn2)CC1)NCCOC1CCCCCC1. The van der Waals surface area contributed by atoms with Crippen molar-refractivity contribution in [3.8, 4) is 0 Å². The first kappa shape index (κ1) is 23.7. The molecule has 0 amide bonds. The number of anilines is 1. The molecule has 3 rings (SSSR count). The first-order chi connectivity index (χ1) is 15.3. The molecule has 0 atom stereocenters. The number of hydrogen-bond donors (Lipinski definition) is 2. The number of rotatable bonds is 10. The molecule has 2 N–H and O–H groups in total. The molecule has 2 heterocycles. The Kier molecular flexibility index (Phi) is 10.9. The Labute approximate surface area is 187 Å². The van der Waals surface area contributed by atoms with Gasteiger partial charge in [0.1, 0.15) is 0 Å². The zero-order valence-electron chi connectivity index (χ0n) is 19.3. The standard InChI is InChI=1S/C23H41N7O/c1-2-24-22(26-14-20-31-21-9-5-3-4-6-10-21)25-13-8-15-29-16-18-30(19-17-29)23-27-11-7-12-28-23/h7,11-12,21H,2-6,8-10,13-20H2,1H3,(H2,24,25,26). The van der Waals surface area contributed by atoms with Gasteiger partial charge >= 0.3 is 0 Å². The number of nitrogens with one attached hydrogen (secondary N) is 2. The van der Waals surface area contributed by atoms with Gasteiger partial charge in [-0.3, -0.25) is 9.89 Å². The molecule has 1 aliphatic carbocycles. The van der Waals surface area contributed by atoms with Crippen LogP contribution in [0.15, 0.2) is 23.5 Å². The molecular weight excluding hydrogens is 390 g/mol. The molecule has 0 bridgehead atoms. The van der Waals surface area contributed by atoms with Crippen molar-refractivity contribution in [2.24, 2.45) is 4.99 Å². The minimum atomic E-state index is 0.456. The van der Waals surface area contributed by atoms with Gasteiger partial charge in [-0.1, -0.05) is 25.7 Å². The van der Waals surface area contributed by atoms with Crippen LogP contribution in [-0.4, -0.2) is 85.9 Å². The minimum absolute atomic E-state index is 0.456. The van der Waals surface area contributed by atoms with Gasteiger partial charge in [0.15, 0.2) is 5.96 Å². The molecule has 0 aromatic carbocycles. The molecule has 8 heteroatoms. The summed E-state index contributed by atoms with van der Waals surface area (Å²) >= 11 is 0. The third kappa shape index (κ3) is 8.99. The van der Waals surface area contributed by atoms with E-state index < -0.39 is 0 Å². The average molecular weight is 432 g/mol. The van der Waals surface area contributed by atoms with Crippen LogP contribution in [0.2, 0.25) is 0 Å². The van der Waals surface area contributed by atoms with E-state index in [0.717, 1.165) is 77.3 Å². The maximum absolute atomic E-state index is 6.07. The van der Waals surface area contributed by atoms with Crippen molar-refractivity contribution in [3.05, 3.63) is 18.5 Å². The van der Waals surface area contributed by atoms with E-state index in [9.17, 15) is 0 Å². The summed E-state index contributed by atoms with van der Waals surface area (Å²) in [5.74, 6) is 1.74. The van der Waals surface area contributed by atoms with E-state index in [0.29, 0.717) is 6.10 Å². The molecule has 1 aromatic heterocycles. The lowest BCUT2D eigenvalue weighted by molar-refractivity contribution is 0.0468. The Hall–Kier alpha value is -1.93. The predicted octanol–water partition coefficient (Wildman–Crippen LogP) is 2.28. The highest BCUT2D eigenvalue weighted by molar-refractivity contribution is 5.79. The second-order valence-electron chi connectivity index (χ2n) is 8.40. The van der Waals surface area contributed by atoms with Crippen LogP contribution in [0.25, 0.3) is 0 Å². The Morgan fingerprint density at radius 2 is 1.81 bits per heavy atom. The van der Waals surface area contributed by atoms with Crippen LogP contribution in [0, 0.1) is 0 Å². The predicted molar refractivity (Wildman–Crippen MR) is 127 cm³/mol. The number of aliphatic imine (C=N–C) groups is 1. The zero-order chi connectivity index (χ0) is 21.6. The van der Waals surface area contributed by atoms with Gasteiger partial charge in [0, 0.05) is 64.8 Å². The van der Waals surface area contributed by atoms with Crippen molar-refractivity contribution in [1.29, 1.82) is 0 Å². The third-order valence-electron chi connectivity index (χ3n) is 6.00. The summed E-state index contributed by atoms with van der Waals surface area (Å²) in [6.45, 7) is 10.5. The van der Waals surface area contributed by atoms with Crippen molar-refractivity contribution in [1.82, 2.24) is 25.5 Å². The summed E-state index contributed by atoms with van der Waals surface area (Å²) < 4.78 is 6.07. The van der Waals surface area contributed by atoms with Crippen LogP contribution in [-0.2, 0) is 4.74 Å². The highest BCUT2D eigenvalue weighted by atomic mass is 16.5. The molecule has 2 aliphatic rings. The van der Waals surface area contributed by atoms with Gasteiger partial charge in [0.25, 0.3) is 0 Å². The summed E-state index contributed by atoms with van der Waals surface area (Å²) in [4.78, 5) is 18.2. The van der Waals surface area contributed by atoms with Crippen LogP contribution in [0.4, 0.5) is 5.95 Å². The van der Waals surface area contributed by atoms with Gasteiger partial charge in [0.05, 0.1) is 12.7 Å². The van der Waals surface area contributed by atoms with Gasteiger partial charge in [-0.2, -0.15) is 0 Å². The summed E-state index contributed by atoms with van der Waals surface area (Å²) in [6, 6.07) is 1.86. The second kappa shape index (κ2) is 14.2. The molecule has 1 saturated carbocycles. The fraction of sp³-hybridized carbons (Fsp3) is 0.783. The Morgan fingerprint density at radius 1 is 1.06 bits per heavy atom. The minimum Gasteiger partial charge on any atom is -0.376 e. The van der Waals surface area contributed by atoms with Gasteiger partial charge in [-0.25, -0.2) is 9.97 Å². The molecule has 8 nitrogen and oxygen atoms in total.